The average Bonchev–Trinajstić information content (AvgIpc) is 2.60. The molecule has 0 amide bonds. The second-order valence-corrected chi connectivity index (χ2v) is 11.3. The first-order valence-corrected chi connectivity index (χ1v) is 13.1. The Balaban J connectivity index is 5.51. The summed E-state index contributed by atoms with van der Waals surface area (Å²) < 4.78 is 12.3. The van der Waals surface area contributed by atoms with Gasteiger partial charge in [0.15, 0.2) is 0 Å². The molecule has 0 aromatic rings. The Hall–Kier alpha value is 0.0169. The van der Waals surface area contributed by atoms with Crippen LogP contribution in [0.25, 0.3) is 0 Å². The molecule has 0 aliphatic rings. The molecule has 6 heteroatoms. The Kier molecular flexibility index (Phi) is 13.2. The zero-order valence-electron chi connectivity index (χ0n) is 19.2. The van der Waals surface area contributed by atoms with Crippen molar-refractivity contribution in [2.45, 2.75) is 53.6 Å². The SMILES string of the molecule is CCO[Si](C)(CCC(CN(C)CC)(CN(C)CC)CN(C)CC)OCC. The molecule has 158 valence electrons. The lowest BCUT2D eigenvalue weighted by Gasteiger charge is -2.43. The highest BCUT2D eigenvalue weighted by Gasteiger charge is 2.39. The molecular weight excluding hydrogens is 342 g/mol. The van der Waals surface area contributed by atoms with Gasteiger partial charge in [-0.05, 0) is 73.6 Å². The maximum absolute atomic E-state index is 6.14. The molecular formula is C20H47N3O2Si. The van der Waals surface area contributed by atoms with Gasteiger partial charge in [-0.25, -0.2) is 0 Å². The molecule has 0 aliphatic heterocycles. The number of nitrogens with zero attached hydrogens (tertiary/aromatic N) is 3. The van der Waals surface area contributed by atoms with Crippen LogP contribution in [0.3, 0.4) is 0 Å². The van der Waals surface area contributed by atoms with Gasteiger partial charge < -0.3 is 23.6 Å². The zero-order chi connectivity index (χ0) is 20.2. The Morgan fingerprint density at radius 2 is 1.04 bits per heavy atom. The second-order valence-electron chi connectivity index (χ2n) is 7.99. The van der Waals surface area contributed by atoms with Crippen molar-refractivity contribution in [3.8, 4) is 0 Å². The molecule has 0 bridgehead atoms. The predicted molar refractivity (Wildman–Crippen MR) is 116 cm³/mol. The highest BCUT2D eigenvalue weighted by atomic mass is 28.4. The van der Waals surface area contributed by atoms with Crippen molar-refractivity contribution in [1.82, 2.24) is 14.7 Å². The quantitative estimate of drug-likeness (QED) is 0.377. The lowest BCUT2D eigenvalue weighted by Crippen LogP contribution is -2.51. The summed E-state index contributed by atoms with van der Waals surface area (Å²) in [4.78, 5) is 7.40. The van der Waals surface area contributed by atoms with Crippen LogP contribution in [0, 0.1) is 5.41 Å². The van der Waals surface area contributed by atoms with Gasteiger partial charge in [-0.2, -0.15) is 0 Å². The van der Waals surface area contributed by atoms with Crippen molar-refractivity contribution in [2.75, 3.05) is 73.6 Å². The first-order valence-electron chi connectivity index (χ1n) is 10.5. The smallest absolute Gasteiger partial charge is 0.334 e. The van der Waals surface area contributed by atoms with E-state index in [0.717, 1.165) is 64.9 Å². The maximum Gasteiger partial charge on any atom is 0.334 e. The normalized spacial score (nSPS) is 13.4. The standard InChI is InChI=1S/C20H47N3O2Si/c1-10-21(6)17-20(18-22(7)11-2,19-23(8)12-3)15-16-26(9,24-13-4)25-14-5/h10-19H2,1-9H3. The fourth-order valence-electron chi connectivity index (χ4n) is 3.73. The summed E-state index contributed by atoms with van der Waals surface area (Å²) in [6, 6.07) is 1.06. The monoisotopic (exact) mass is 389 g/mol. The van der Waals surface area contributed by atoms with E-state index in [9.17, 15) is 0 Å². The minimum absolute atomic E-state index is 0.225. The fraction of sp³-hybridized carbons (Fsp3) is 1.00. The first kappa shape index (κ1) is 26.0. The van der Waals surface area contributed by atoms with Crippen molar-refractivity contribution in [3.05, 3.63) is 0 Å². The minimum atomic E-state index is -2.10. The van der Waals surface area contributed by atoms with Crippen LogP contribution < -0.4 is 0 Å². The van der Waals surface area contributed by atoms with Gasteiger partial charge in [0.1, 0.15) is 0 Å². The first-order chi connectivity index (χ1) is 12.2. The zero-order valence-corrected chi connectivity index (χ0v) is 20.2. The highest BCUT2D eigenvalue weighted by molar-refractivity contribution is 6.66. The molecule has 0 rings (SSSR count). The van der Waals surface area contributed by atoms with E-state index in [1.165, 1.54) is 0 Å². The molecule has 0 aliphatic carbocycles. The van der Waals surface area contributed by atoms with E-state index in [0.29, 0.717) is 0 Å². The van der Waals surface area contributed by atoms with Gasteiger partial charge in [0.05, 0.1) is 0 Å². The summed E-state index contributed by atoms with van der Waals surface area (Å²) in [6.07, 6.45) is 1.15. The third-order valence-corrected chi connectivity index (χ3v) is 8.40. The third kappa shape index (κ3) is 9.81. The summed E-state index contributed by atoms with van der Waals surface area (Å²) in [7, 11) is 4.63. The van der Waals surface area contributed by atoms with Crippen LogP contribution in [0.5, 0.6) is 0 Å². The van der Waals surface area contributed by atoms with Crippen molar-refractivity contribution in [2.24, 2.45) is 5.41 Å². The van der Waals surface area contributed by atoms with Crippen LogP contribution >= 0.6 is 0 Å². The van der Waals surface area contributed by atoms with Crippen molar-refractivity contribution < 1.29 is 8.85 Å². The van der Waals surface area contributed by atoms with Crippen LogP contribution in [0.4, 0.5) is 0 Å². The molecule has 5 nitrogen and oxygen atoms in total. The van der Waals surface area contributed by atoms with Crippen LogP contribution in [-0.4, -0.2) is 96.9 Å². The summed E-state index contributed by atoms with van der Waals surface area (Å²) >= 11 is 0. The summed E-state index contributed by atoms with van der Waals surface area (Å²) in [6.45, 7) is 21.2. The van der Waals surface area contributed by atoms with Crippen molar-refractivity contribution >= 4 is 8.56 Å². The molecule has 0 saturated carbocycles. The van der Waals surface area contributed by atoms with Gasteiger partial charge in [0.25, 0.3) is 0 Å². The fourth-order valence-corrected chi connectivity index (χ4v) is 6.31. The van der Waals surface area contributed by atoms with E-state index in [1.807, 2.05) is 0 Å². The van der Waals surface area contributed by atoms with E-state index in [4.69, 9.17) is 8.85 Å². The molecule has 0 unspecified atom stereocenters. The molecule has 0 spiro atoms. The lowest BCUT2D eigenvalue weighted by molar-refractivity contribution is 0.0755. The highest BCUT2D eigenvalue weighted by Crippen LogP contribution is 2.32. The molecule has 0 aromatic heterocycles. The maximum atomic E-state index is 6.14. The van der Waals surface area contributed by atoms with E-state index in [2.05, 4.69) is 77.0 Å². The average molecular weight is 390 g/mol. The Morgan fingerprint density at radius 1 is 0.692 bits per heavy atom. The second kappa shape index (κ2) is 13.2. The van der Waals surface area contributed by atoms with E-state index in [1.54, 1.807) is 0 Å². The summed E-state index contributed by atoms with van der Waals surface area (Å²) in [5.41, 5.74) is 0.225. The molecule has 0 N–H and O–H groups in total. The third-order valence-electron chi connectivity index (χ3n) is 5.44. The number of hydrogen-bond donors (Lipinski definition) is 0. The van der Waals surface area contributed by atoms with Gasteiger partial charge in [-0.1, -0.05) is 20.8 Å². The molecule has 0 fully saturated rings. The van der Waals surface area contributed by atoms with Gasteiger partial charge in [-0.15, -0.1) is 0 Å². The van der Waals surface area contributed by atoms with Crippen molar-refractivity contribution in [1.29, 1.82) is 0 Å². The van der Waals surface area contributed by atoms with Gasteiger partial charge in [-0.3, -0.25) is 0 Å². The lowest BCUT2D eigenvalue weighted by atomic mass is 9.83. The Bertz CT molecular complexity index is 321. The van der Waals surface area contributed by atoms with Gasteiger partial charge >= 0.3 is 8.56 Å². The minimum Gasteiger partial charge on any atom is -0.395 e. The largest absolute Gasteiger partial charge is 0.395 e. The molecule has 0 saturated heterocycles. The Morgan fingerprint density at radius 3 is 1.31 bits per heavy atom. The number of hydrogen-bond acceptors (Lipinski definition) is 5. The number of rotatable bonds is 16. The van der Waals surface area contributed by atoms with Gasteiger partial charge in [0, 0.05) is 38.3 Å². The molecule has 0 aromatic carbocycles. The topological polar surface area (TPSA) is 28.2 Å². The molecule has 0 atom stereocenters. The van der Waals surface area contributed by atoms with Crippen LogP contribution in [0.1, 0.15) is 41.0 Å². The van der Waals surface area contributed by atoms with E-state index >= 15 is 0 Å². The predicted octanol–water partition coefficient (Wildman–Crippen LogP) is 3.36. The summed E-state index contributed by atoms with van der Waals surface area (Å²) in [5, 5.41) is 0. The molecule has 0 heterocycles. The molecule has 26 heavy (non-hydrogen) atoms. The van der Waals surface area contributed by atoms with Crippen LogP contribution in [-0.2, 0) is 8.85 Å². The van der Waals surface area contributed by atoms with Gasteiger partial charge in [0.2, 0.25) is 0 Å². The summed E-state index contributed by atoms with van der Waals surface area (Å²) in [5.74, 6) is 0. The van der Waals surface area contributed by atoms with Crippen molar-refractivity contribution in [3.63, 3.8) is 0 Å². The van der Waals surface area contributed by atoms with Crippen LogP contribution in [0.2, 0.25) is 12.6 Å². The Labute approximate surface area is 165 Å². The molecule has 0 radical (unpaired) electrons. The van der Waals surface area contributed by atoms with E-state index in [-0.39, 0.29) is 5.41 Å². The van der Waals surface area contributed by atoms with Crippen LogP contribution in [0.15, 0.2) is 0 Å². The van der Waals surface area contributed by atoms with E-state index < -0.39 is 8.56 Å².